The van der Waals surface area contributed by atoms with Crippen LogP contribution in [-0.2, 0) is 23.8 Å². The van der Waals surface area contributed by atoms with Gasteiger partial charge in [0.2, 0.25) is 0 Å². The highest BCUT2D eigenvalue weighted by Gasteiger charge is 2.23. The number of hydrogen-bond donors (Lipinski definition) is 0. The zero-order chi connectivity index (χ0) is 11.3. The molecule has 5 nitrogen and oxygen atoms in total. The van der Waals surface area contributed by atoms with Crippen LogP contribution in [0, 0.1) is 0 Å². The summed E-state index contributed by atoms with van der Waals surface area (Å²) < 4.78 is 14.7. The number of cyclic esters (lactones) is 1. The molecule has 0 aromatic carbocycles. The minimum absolute atomic E-state index is 0.163. The number of carbonyl (C=O) groups is 2. The standard InChI is InChI=1S/C10H14O5/c1-7(2)10(12)14-4-3-13-8-5-9(11)15-6-8/h8H,1,3-6H2,2H3. The smallest absolute Gasteiger partial charge is 0.333 e. The van der Waals surface area contributed by atoms with Gasteiger partial charge in [-0.3, -0.25) is 4.79 Å². The van der Waals surface area contributed by atoms with Crippen LogP contribution in [0.2, 0.25) is 0 Å². The molecule has 1 heterocycles. The SMILES string of the molecule is C=C(C)C(=O)OCCOC1COC(=O)C1. The second-order valence-electron chi connectivity index (χ2n) is 3.30. The Morgan fingerprint density at radius 1 is 1.60 bits per heavy atom. The van der Waals surface area contributed by atoms with Crippen molar-refractivity contribution < 1.29 is 23.8 Å². The third-order valence-corrected chi connectivity index (χ3v) is 1.84. The Kier molecular flexibility index (Phi) is 4.30. The predicted molar refractivity (Wildman–Crippen MR) is 51.1 cm³/mol. The molecule has 1 aliphatic rings. The van der Waals surface area contributed by atoms with E-state index >= 15 is 0 Å². The van der Waals surface area contributed by atoms with Crippen LogP contribution in [0.3, 0.4) is 0 Å². The molecule has 0 spiro atoms. The van der Waals surface area contributed by atoms with E-state index in [1.807, 2.05) is 0 Å². The van der Waals surface area contributed by atoms with Crippen LogP contribution in [-0.4, -0.2) is 37.9 Å². The monoisotopic (exact) mass is 214 g/mol. The van der Waals surface area contributed by atoms with E-state index in [0.29, 0.717) is 5.57 Å². The zero-order valence-corrected chi connectivity index (χ0v) is 8.65. The molecule has 0 amide bonds. The number of carbonyl (C=O) groups excluding carboxylic acids is 2. The topological polar surface area (TPSA) is 61.8 Å². The van der Waals surface area contributed by atoms with Crippen LogP contribution in [0.4, 0.5) is 0 Å². The Bertz CT molecular complexity index is 271. The van der Waals surface area contributed by atoms with E-state index in [1.165, 1.54) is 0 Å². The van der Waals surface area contributed by atoms with Gasteiger partial charge in [0.15, 0.2) is 0 Å². The molecule has 0 aliphatic carbocycles. The Labute approximate surface area is 88.0 Å². The molecule has 0 aromatic heterocycles. The van der Waals surface area contributed by atoms with Gasteiger partial charge in [0, 0.05) is 5.57 Å². The van der Waals surface area contributed by atoms with Gasteiger partial charge in [-0.2, -0.15) is 0 Å². The molecule has 1 rings (SSSR count). The third kappa shape index (κ3) is 4.12. The van der Waals surface area contributed by atoms with Crippen molar-refractivity contribution in [2.45, 2.75) is 19.4 Å². The number of rotatable bonds is 5. The molecule has 0 N–H and O–H groups in total. The Balaban J connectivity index is 2.04. The maximum atomic E-state index is 10.9. The maximum Gasteiger partial charge on any atom is 0.333 e. The molecule has 1 unspecified atom stereocenters. The Morgan fingerprint density at radius 3 is 2.87 bits per heavy atom. The molecule has 0 radical (unpaired) electrons. The normalized spacial score (nSPS) is 19.8. The van der Waals surface area contributed by atoms with Gasteiger partial charge in [-0.15, -0.1) is 0 Å². The van der Waals surface area contributed by atoms with E-state index in [0.717, 1.165) is 0 Å². The zero-order valence-electron chi connectivity index (χ0n) is 8.65. The predicted octanol–water partition coefficient (Wildman–Crippen LogP) is 0.438. The van der Waals surface area contributed by atoms with Crippen LogP contribution in [0.1, 0.15) is 13.3 Å². The lowest BCUT2D eigenvalue weighted by atomic mass is 10.3. The average molecular weight is 214 g/mol. The van der Waals surface area contributed by atoms with E-state index in [1.54, 1.807) is 6.92 Å². The fourth-order valence-electron chi connectivity index (χ4n) is 1.07. The first-order chi connectivity index (χ1) is 7.09. The van der Waals surface area contributed by atoms with E-state index in [9.17, 15) is 9.59 Å². The summed E-state index contributed by atoms with van der Waals surface area (Å²) in [4.78, 5) is 21.6. The van der Waals surface area contributed by atoms with Gasteiger partial charge in [-0.1, -0.05) is 6.58 Å². The summed E-state index contributed by atoms with van der Waals surface area (Å²) in [6.45, 7) is 5.73. The average Bonchev–Trinajstić information content (AvgIpc) is 2.58. The van der Waals surface area contributed by atoms with E-state index < -0.39 is 5.97 Å². The van der Waals surface area contributed by atoms with Gasteiger partial charge in [-0.25, -0.2) is 4.79 Å². The molecule has 1 saturated heterocycles. The summed E-state index contributed by atoms with van der Waals surface area (Å²) in [6, 6.07) is 0. The van der Waals surface area contributed by atoms with E-state index in [2.05, 4.69) is 6.58 Å². The summed E-state index contributed by atoms with van der Waals surface area (Å²) in [5.74, 6) is -0.684. The van der Waals surface area contributed by atoms with Crippen molar-refractivity contribution in [1.82, 2.24) is 0 Å². The van der Waals surface area contributed by atoms with Crippen molar-refractivity contribution in [3.05, 3.63) is 12.2 Å². The van der Waals surface area contributed by atoms with E-state index in [4.69, 9.17) is 14.2 Å². The maximum absolute atomic E-state index is 10.9. The highest BCUT2D eigenvalue weighted by molar-refractivity contribution is 5.86. The lowest BCUT2D eigenvalue weighted by Crippen LogP contribution is -2.17. The second-order valence-corrected chi connectivity index (χ2v) is 3.30. The summed E-state index contributed by atoms with van der Waals surface area (Å²) >= 11 is 0. The Morgan fingerprint density at radius 2 is 2.33 bits per heavy atom. The highest BCUT2D eigenvalue weighted by Crippen LogP contribution is 2.09. The molecule has 0 aromatic rings. The second kappa shape index (κ2) is 5.50. The summed E-state index contributed by atoms with van der Waals surface area (Å²) in [7, 11) is 0. The first kappa shape index (κ1) is 11.7. The molecule has 0 saturated carbocycles. The molecule has 1 fully saturated rings. The molecule has 15 heavy (non-hydrogen) atoms. The van der Waals surface area contributed by atoms with Crippen molar-refractivity contribution in [2.75, 3.05) is 19.8 Å². The van der Waals surface area contributed by atoms with Gasteiger partial charge in [0.05, 0.1) is 13.0 Å². The minimum Gasteiger partial charge on any atom is -0.463 e. The first-order valence-corrected chi connectivity index (χ1v) is 4.69. The van der Waals surface area contributed by atoms with Gasteiger partial charge < -0.3 is 14.2 Å². The van der Waals surface area contributed by atoms with Gasteiger partial charge in [0.25, 0.3) is 0 Å². The fourth-order valence-corrected chi connectivity index (χ4v) is 1.07. The van der Waals surface area contributed by atoms with E-state index in [-0.39, 0.29) is 38.3 Å². The highest BCUT2D eigenvalue weighted by atomic mass is 16.6. The lowest BCUT2D eigenvalue weighted by Gasteiger charge is -2.08. The van der Waals surface area contributed by atoms with Crippen molar-refractivity contribution in [1.29, 1.82) is 0 Å². The van der Waals surface area contributed by atoms with Crippen molar-refractivity contribution >= 4 is 11.9 Å². The molecular weight excluding hydrogens is 200 g/mol. The molecule has 1 aliphatic heterocycles. The number of esters is 2. The van der Waals surface area contributed by atoms with Gasteiger partial charge in [-0.05, 0) is 6.92 Å². The lowest BCUT2D eigenvalue weighted by molar-refractivity contribution is -0.141. The molecule has 5 heteroatoms. The fraction of sp³-hybridized carbons (Fsp3) is 0.600. The first-order valence-electron chi connectivity index (χ1n) is 4.69. The minimum atomic E-state index is -0.433. The van der Waals surface area contributed by atoms with Crippen LogP contribution in [0.5, 0.6) is 0 Å². The molecule has 0 bridgehead atoms. The van der Waals surface area contributed by atoms with Crippen molar-refractivity contribution in [3.8, 4) is 0 Å². The Hall–Kier alpha value is -1.36. The molecule has 84 valence electrons. The van der Waals surface area contributed by atoms with Crippen molar-refractivity contribution in [3.63, 3.8) is 0 Å². The van der Waals surface area contributed by atoms with Crippen LogP contribution >= 0.6 is 0 Å². The third-order valence-electron chi connectivity index (χ3n) is 1.84. The van der Waals surface area contributed by atoms with Crippen LogP contribution in [0.25, 0.3) is 0 Å². The number of ether oxygens (including phenoxy) is 3. The quantitative estimate of drug-likeness (QED) is 0.377. The summed E-state index contributed by atoms with van der Waals surface area (Å²) in [5, 5.41) is 0. The summed E-state index contributed by atoms with van der Waals surface area (Å²) in [5.41, 5.74) is 0.356. The molecule has 1 atom stereocenters. The van der Waals surface area contributed by atoms with Gasteiger partial charge in [0.1, 0.15) is 19.3 Å². The number of hydrogen-bond acceptors (Lipinski definition) is 5. The van der Waals surface area contributed by atoms with Crippen LogP contribution < -0.4 is 0 Å². The summed E-state index contributed by atoms with van der Waals surface area (Å²) in [6.07, 6.45) is 0.0649. The van der Waals surface area contributed by atoms with Crippen molar-refractivity contribution in [2.24, 2.45) is 0 Å². The van der Waals surface area contributed by atoms with Crippen LogP contribution in [0.15, 0.2) is 12.2 Å². The van der Waals surface area contributed by atoms with Gasteiger partial charge >= 0.3 is 11.9 Å². The molecular formula is C10H14O5. The largest absolute Gasteiger partial charge is 0.463 e.